The van der Waals surface area contributed by atoms with Crippen molar-refractivity contribution >= 4 is 69.1 Å². The minimum Gasteiger partial charge on any atom is -0.386 e. The number of aromatic nitrogens is 4. The second-order valence-electron chi connectivity index (χ2n) is 23.0. The number of amides is 2. The zero-order valence-electron chi connectivity index (χ0n) is 50.9. The van der Waals surface area contributed by atoms with Crippen LogP contribution in [-0.2, 0) is 50.7 Å². The van der Waals surface area contributed by atoms with Gasteiger partial charge in [0.2, 0.25) is 16.9 Å². The van der Waals surface area contributed by atoms with Crippen LogP contribution in [0.4, 0.5) is 5.82 Å². The zero-order valence-corrected chi connectivity index (χ0v) is 54.4. The highest BCUT2D eigenvalue weighted by atomic mass is 32.2. The number of nitrogens with two attached hydrogens (primary N) is 1. The number of phosphoric ester groups is 3. The van der Waals surface area contributed by atoms with Gasteiger partial charge in [0.1, 0.15) is 36.3 Å². The first kappa shape index (κ1) is 76.5. The van der Waals surface area contributed by atoms with Gasteiger partial charge in [-0.3, -0.25) is 32.5 Å². The van der Waals surface area contributed by atoms with E-state index in [9.17, 15) is 57.9 Å². The van der Waals surface area contributed by atoms with Gasteiger partial charge in [0.05, 0.1) is 19.5 Å². The molecule has 2 aromatic heterocycles. The lowest BCUT2D eigenvalue weighted by Crippen LogP contribution is -2.46. The number of unbranched alkanes of at least 4 members (excludes halogenated alkanes) is 31. The zero-order chi connectivity index (χ0) is 62.4. The Kier molecular flexibility index (Phi) is 38.8. The molecule has 0 saturated carbocycles. The molecule has 0 radical (unpaired) electrons. The molecule has 0 aromatic carbocycles. The molecule has 1 aliphatic heterocycles. The minimum absolute atomic E-state index is 0.0338. The Morgan fingerprint density at radius 3 is 1.69 bits per heavy atom. The van der Waals surface area contributed by atoms with Gasteiger partial charge in [0.15, 0.2) is 17.7 Å². The Bertz CT molecular complexity index is 2370. The van der Waals surface area contributed by atoms with Crippen molar-refractivity contribution in [2.45, 2.75) is 263 Å². The summed E-state index contributed by atoms with van der Waals surface area (Å²) in [5.74, 6) is -1.09. The topological polar surface area (TPSA) is 364 Å². The summed E-state index contributed by atoms with van der Waals surface area (Å²) in [5.41, 5.74) is 4.30. The predicted molar refractivity (Wildman–Crippen MR) is 330 cm³/mol. The fourth-order valence-corrected chi connectivity index (χ4v) is 13.4. The molecular weight excluding hydrogens is 1180 g/mol. The van der Waals surface area contributed by atoms with Crippen molar-refractivity contribution in [2.75, 3.05) is 37.8 Å². The molecule has 0 aliphatic carbocycles. The van der Waals surface area contributed by atoms with Gasteiger partial charge < -0.3 is 50.9 Å². The number of thioether (sulfide) groups is 1. The van der Waals surface area contributed by atoms with E-state index in [1.54, 1.807) is 6.08 Å². The normalized spacial score (nSPS) is 18.5. The monoisotopic (exact) mass is 1280 g/mol. The number of nitrogens with one attached hydrogen (secondary N) is 2. The van der Waals surface area contributed by atoms with E-state index >= 15 is 0 Å². The lowest BCUT2D eigenvalue weighted by Gasteiger charge is -2.30. The lowest BCUT2D eigenvalue weighted by molar-refractivity contribution is -0.137. The number of carbonyl (C=O) groups excluding carboxylic acids is 3. The number of allylic oxidation sites excluding steroid dienone is 1. The van der Waals surface area contributed by atoms with Gasteiger partial charge in [-0.2, -0.15) is 4.31 Å². The van der Waals surface area contributed by atoms with Crippen LogP contribution in [0.25, 0.3) is 11.2 Å². The fourth-order valence-electron chi connectivity index (χ4n) is 9.97. The molecule has 3 heterocycles. The molecule has 490 valence electrons. The maximum absolute atomic E-state index is 12.8. The van der Waals surface area contributed by atoms with Crippen molar-refractivity contribution in [2.24, 2.45) is 5.41 Å². The number of ether oxygens (including phenoxy) is 1. The number of nitrogens with zero attached hydrogens (tertiary/aromatic N) is 4. The highest BCUT2D eigenvalue weighted by Crippen LogP contribution is 2.61. The summed E-state index contributed by atoms with van der Waals surface area (Å²) in [6.45, 7) is 2.82. The lowest BCUT2D eigenvalue weighted by atomic mass is 9.87. The molecular formula is C57H104N7O17P3S. The number of imidazole rings is 1. The molecule has 7 atom stereocenters. The number of nitrogen functional groups attached to an aromatic ring is 1. The highest BCUT2D eigenvalue weighted by molar-refractivity contribution is 8.14. The molecule has 0 bridgehead atoms. The molecule has 28 heteroatoms. The largest absolute Gasteiger partial charge is 0.481 e. The number of anilines is 1. The van der Waals surface area contributed by atoms with E-state index in [4.69, 9.17) is 19.5 Å². The van der Waals surface area contributed by atoms with E-state index in [-0.39, 0.29) is 41.6 Å². The highest BCUT2D eigenvalue weighted by Gasteiger charge is 2.50. The maximum atomic E-state index is 12.8. The third-order valence-corrected chi connectivity index (χ3v) is 18.9. The Morgan fingerprint density at radius 1 is 0.718 bits per heavy atom. The Hall–Kier alpha value is -2.70. The predicted octanol–water partition coefficient (Wildman–Crippen LogP) is 11.7. The Balaban J connectivity index is 1.12. The third kappa shape index (κ3) is 34.2. The Morgan fingerprint density at radius 2 is 1.20 bits per heavy atom. The van der Waals surface area contributed by atoms with Crippen LogP contribution in [0.15, 0.2) is 24.8 Å². The molecule has 10 N–H and O–H groups in total. The van der Waals surface area contributed by atoms with E-state index in [0.717, 1.165) is 48.2 Å². The number of hydrogen-bond acceptors (Lipinski definition) is 18. The summed E-state index contributed by atoms with van der Waals surface area (Å²) >= 11 is 1.08. The van der Waals surface area contributed by atoms with Crippen molar-refractivity contribution in [1.29, 1.82) is 0 Å². The average molecular weight is 1280 g/mol. The molecule has 3 rings (SSSR count). The summed E-state index contributed by atoms with van der Waals surface area (Å²) in [5, 5.41) is 26.6. The van der Waals surface area contributed by atoms with Crippen LogP contribution in [-0.4, -0.2) is 123 Å². The van der Waals surface area contributed by atoms with Crippen molar-refractivity contribution < 1.29 is 80.5 Å². The standard InChI is InChI=1S/C57H104N7O17P3S/c1-4-5-6-7-8-9-10-11-12-13-14-15-16-17-18-19-20-21-22-23-24-25-26-27-28-29-30-31-32-33-34-35-36-37-48(66)85-41-40-59-47(65)38-39-60-55(69)52(68)57(2,3)43-78-84(75,76)81-83(73,74)77-42-46-51(80-82(70,71)72)50(67)56(79-46)64-45-63-49-53(58)61-44-62-54(49)64/h36-37,44-46,50-52,56,67-68H,4-35,38-43H2,1-3H3,(H,59,65)(H,60,69)(H,73,74)(H,75,76)(H2,58,61,62)(H2,70,71,72)/b37-36+/t46-,50-,51-,52+,56-/m1/s1. The molecule has 1 saturated heterocycles. The SMILES string of the molecule is CCCCCCCCCCCCCCCCCCCCCCCCCCCCCCCCC/C=C/C(=O)SCCNC(=O)CCNC(=O)[C@H](O)C(C)(C)COP(=O)(O)OP(=O)(O)OC[C@H]1O[C@@H](n2cnc3c(N)ncnc32)[C@H](O)[C@@H]1OP(=O)(O)O. The third-order valence-electron chi connectivity index (χ3n) is 15.0. The number of carbonyl (C=O) groups is 3. The van der Waals surface area contributed by atoms with E-state index in [0.29, 0.717) is 5.75 Å². The van der Waals surface area contributed by atoms with Gasteiger partial charge in [0, 0.05) is 30.7 Å². The molecule has 2 amide bonds. The van der Waals surface area contributed by atoms with Gasteiger partial charge in [-0.25, -0.2) is 28.6 Å². The van der Waals surface area contributed by atoms with Crippen LogP contribution in [0.5, 0.6) is 0 Å². The van der Waals surface area contributed by atoms with E-state index in [1.807, 2.05) is 6.08 Å². The van der Waals surface area contributed by atoms with Crippen LogP contribution >= 0.6 is 35.2 Å². The van der Waals surface area contributed by atoms with Gasteiger partial charge in [-0.05, 0) is 18.9 Å². The fraction of sp³-hybridized carbons (Fsp3) is 0.825. The quantitative estimate of drug-likeness (QED) is 0.0169. The maximum Gasteiger partial charge on any atom is 0.481 e. The Labute approximate surface area is 509 Å². The van der Waals surface area contributed by atoms with Crippen LogP contribution in [0.2, 0.25) is 0 Å². The summed E-state index contributed by atoms with van der Waals surface area (Å²) in [6.07, 6.45) is 40.0. The van der Waals surface area contributed by atoms with Crippen LogP contribution in [0.3, 0.4) is 0 Å². The molecule has 2 aromatic rings. The molecule has 0 spiro atoms. The molecule has 2 unspecified atom stereocenters. The molecule has 85 heavy (non-hydrogen) atoms. The van der Waals surface area contributed by atoms with E-state index in [1.165, 1.54) is 200 Å². The summed E-state index contributed by atoms with van der Waals surface area (Å²) in [6, 6.07) is 0. The summed E-state index contributed by atoms with van der Waals surface area (Å²) in [7, 11) is -16.4. The number of aliphatic hydroxyl groups excluding tert-OH is 2. The van der Waals surface area contributed by atoms with Crippen LogP contribution < -0.4 is 16.4 Å². The second-order valence-corrected chi connectivity index (χ2v) is 28.4. The summed E-state index contributed by atoms with van der Waals surface area (Å²) in [4.78, 5) is 88.7. The van der Waals surface area contributed by atoms with Crippen molar-refractivity contribution in [1.82, 2.24) is 30.2 Å². The van der Waals surface area contributed by atoms with Crippen molar-refractivity contribution in [3.8, 4) is 0 Å². The first-order valence-electron chi connectivity index (χ1n) is 31.3. The van der Waals surface area contributed by atoms with E-state index in [2.05, 4.69) is 41.3 Å². The summed E-state index contributed by atoms with van der Waals surface area (Å²) < 4.78 is 62.7. The first-order valence-corrected chi connectivity index (χ1v) is 36.8. The van der Waals surface area contributed by atoms with Crippen LogP contribution in [0, 0.1) is 5.41 Å². The number of rotatable bonds is 52. The van der Waals surface area contributed by atoms with Gasteiger partial charge in [-0.15, -0.1) is 0 Å². The first-order chi connectivity index (χ1) is 40.6. The molecule has 1 fully saturated rings. The van der Waals surface area contributed by atoms with Gasteiger partial charge in [0.25, 0.3) is 0 Å². The second kappa shape index (κ2) is 43.1. The van der Waals surface area contributed by atoms with Gasteiger partial charge in [-0.1, -0.05) is 231 Å². The number of aliphatic hydroxyl groups is 2. The molecule has 1 aliphatic rings. The van der Waals surface area contributed by atoms with Gasteiger partial charge >= 0.3 is 23.5 Å². The van der Waals surface area contributed by atoms with Crippen molar-refractivity contribution in [3.63, 3.8) is 0 Å². The molecule has 24 nitrogen and oxygen atoms in total. The van der Waals surface area contributed by atoms with Crippen LogP contribution in [0.1, 0.15) is 239 Å². The smallest absolute Gasteiger partial charge is 0.386 e. The van der Waals surface area contributed by atoms with Crippen molar-refractivity contribution in [3.05, 3.63) is 24.8 Å². The minimum atomic E-state index is -5.58. The van der Waals surface area contributed by atoms with E-state index < -0.39 is 84.6 Å². The number of phosphoric acid groups is 3. The average Bonchev–Trinajstić information content (AvgIpc) is 2.05. The number of hydrogen-bond donors (Lipinski definition) is 9. The number of fused-ring (bicyclic) bond motifs is 1.